The van der Waals surface area contributed by atoms with Gasteiger partial charge in [-0.1, -0.05) is 5.16 Å². The molecule has 2 atom stereocenters. The van der Waals surface area contributed by atoms with Gasteiger partial charge in [-0.3, -0.25) is 4.90 Å². The molecule has 0 amide bonds. The summed E-state index contributed by atoms with van der Waals surface area (Å²) in [6.45, 7) is 9.71. The summed E-state index contributed by atoms with van der Waals surface area (Å²) in [5, 5.41) is 4.01. The Kier molecular flexibility index (Phi) is 3.63. The largest absolute Gasteiger partial charge is 0.354 e. The number of rotatable bonds is 4. The van der Waals surface area contributed by atoms with E-state index in [1.807, 2.05) is 13.3 Å². The van der Waals surface area contributed by atoms with E-state index in [1.54, 1.807) is 6.33 Å². The van der Waals surface area contributed by atoms with Gasteiger partial charge in [-0.2, -0.15) is 4.98 Å². The standard InChI is InChI=1S/C17H22N8O/c1-3-24-10-20-15-16(24)18-9-19-17(15)25-6-12-4-23(5-13(12)7-25)8-14-21-11(2)26-22-14/h9-10,12-13H,3-8H2,1-2H3. The lowest BCUT2D eigenvalue weighted by molar-refractivity contribution is 0.292. The van der Waals surface area contributed by atoms with Crippen LogP contribution >= 0.6 is 0 Å². The normalized spacial score (nSPS) is 23.2. The van der Waals surface area contributed by atoms with Crippen LogP contribution in [0.15, 0.2) is 17.2 Å². The summed E-state index contributed by atoms with van der Waals surface area (Å²) in [7, 11) is 0. The average Bonchev–Trinajstić information content (AvgIpc) is 3.37. The van der Waals surface area contributed by atoms with Crippen LogP contribution in [-0.4, -0.2) is 60.7 Å². The first kappa shape index (κ1) is 15.7. The van der Waals surface area contributed by atoms with E-state index in [4.69, 9.17) is 4.52 Å². The van der Waals surface area contributed by atoms with E-state index in [0.717, 1.165) is 62.1 Å². The van der Waals surface area contributed by atoms with Crippen LogP contribution in [0.1, 0.15) is 18.6 Å². The number of anilines is 1. The van der Waals surface area contributed by atoms with Crippen molar-refractivity contribution in [3.8, 4) is 0 Å². The van der Waals surface area contributed by atoms with Crippen molar-refractivity contribution in [2.24, 2.45) is 11.8 Å². The SMILES string of the molecule is CCn1cnc2c(N3CC4CN(Cc5noc(C)n5)CC4C3)ncnc21. The van der Waals surface area contributed by atoms with E-state index in [0.29, 0.717) is 17.7 Å². The summed E-state index contributed by atoms with van der Waals surface area (Å²) in [6, 6.07) is 0. The Morgan fingerprint density at radius 3 is 2.62 bits per heavy atom. The first-order valence-corrected chi connectivity index (χ1v) is 9.13. The minimum atomic E-state index is 0.630. The summed E-state index contributed by atoms with van der Waals surface area (Å²) in [5.41, 5.74) is 1.83. The van der Waals surface area contributed by atoms with Gasteiger partial charge >= 0.3 is 0 Å². The first-order valence-electron chi connectivity index (χ1n) is 9.13. The lowest BCUT2D eigenvalue weighted by Gasteiger charge is -2.21. The number of hydrogen-bond donors (Lipinski definition) is 0. The molecule has 0 N–H and O–H groups in total. The van der Waals surface area contributed by atoms with E-state index in [2.05, 4.69) is 46.4 Å². The molecule has 26 heavy (non-hydrogen) atoms. The number of aromatic nitrogens is 6. The Labute approximate surface area is 151 Å². The van der Waals surface area contributed by atoms with Crippen molar-refractivity contribution >= 4 is 17.0 Å². The predicted octanol–water partition coefficient (Wildman–Crippen LogP) is 1.11. The van der Waals surface area contributed by atoms with Gasteiger partial charge in [0.15, 0.2) is 22.8 Å². The highest BCUT2D eigenvalue weighted by Gasteiger charge is 2.41. The van der Waals surface area contributed by atoms with Gasteiger partial charge in [-0.05, 0) is 18.8 Å². The van der Waals surface area contributed by atoms with Gasteiger partial charge in [0, 0.05) is 39.6 Å². The van der Waals surface area contributed by atoms with Crippen molar-refractivity contribution in [2.75, 3.05) is 31.1 Å². The fourth-order valence-corrected chi connectivity index (χ4v) is 4.33. The highest BCUT2D eigenvalue weighted by molar-refractivity contribution is 5.83. The first-order chi connectivity index (χ1) is 12.7. The monoisotopic (exact) mass is 354 g/mol. The number of aryl methyl sites for hydroxylation is 2. The molecule has 2 aliphatic rings. The zero-order chi connectivity index (χ0) is 17.7. The van der Waals surface area contributed by atoms with Crippen LogP contribution < -0.4 is 4.90 Å². The maximum absolute atomic E-state index is 5.08. The summed E-state index contributed by atoms with van der Waals surface area (Å²) in [6.07, 6.45) is 3.51. The molecular weight excluding hydrogens is 332 g/mol. The van der Waals surface area contributed by atoms with Crippen LogP contribution in [0.2, 0.25) is 0 Å². The Morgan fingerprint density at radius 1 is 1.12 bits per heavy atom. The molecule has 9 nitrogen and oxygen atoms in total. The fourth-order valence-electron chi connectivity index (χ4n) is 4.33. The molecule has 0 saturated carbocycles. The molecule has 5 heterocycles. The number of fused-ring (bicyclic) bond motifs is 2. The fraction of sp³-hybridized carbons (Fsp3) is 0.588. The smallest absolute Gasteiger partial charge is 0.223 e. The summed E-state index contributed by atoms with van der Waals surface area (Å²) >= 11 is 0. The Balaban J connectivity index is 1.30. The van der Waals surface area contributed by atoms with Crippen LogP contribution in [0.25, 0.3) is 11.2 Å². The van der Waals surface area contributed by atoms with E-state index in [9.17, 15) is 0 Å². The van der Waals surface area contributed by atoms with Crippen molar-refractivity contribution in [1.29, 1.82) is 0 Å². The third kappa shape index (κ3) is 2.54. The van der Waals surface area contributed by atoms with E-state index >= 15 is 0 Å². The molecule has 0 bridgehead atoms. The second kappa shape index (κ2) is 6.01. The number of imidazole rings is 1. The van der Waals surface area contributed by atoms with Gasteiger partial charge in [0.2, 0.25) is 5.89 Å². The van der Waals surface area contributed by atoms with Crippen LogP contribution in [0.5, 0.6) is 0 Å². The van der Waals surface area contributed by atoms with Gasteiger partial charge in [-0.15, -0.1) is 0 Å². The van der Waals surface area contributed by atoms with Crippen LogP contribution in [0.4, 0.5) is 5.82 Å². The molecule has 9 heteroatoms. The molecule has 2 aliphatic heterocycles. The third-order valence-corrected chi connectivity index (χ3v) is 5.52. The van der Waals surface area contributed by atoms with Crippen LogP contribution in [-0.2, 0) is 13.1 Å². The minimum absolute atomic E-state index is 0.630. The number of nitrogens with zero attached hydrogens (tertiary/aromatic N) is 8. The lowest BCUT2D eigenvalue weighted by atomic mass is 10.0. The van der Waals surface area contributed by atoms with Gasteiger partial charge in [0.1, 0.15) is 6.33 Å². The van der Waals surface area contributed by atoms with Gasteiger partial charge < -0.3 is 14.0 Å². The summed E-state index contributed by atoms with van der Waals surface area (Å²) < 4.78 is 7.14. The maximum atomic E-state index is 5.08. The quantitative estimate of drug-likeness (QED) is 0.688. The third-order valence-electron chi connectivity index (χ3n) is 5.52. The zero-order valence-electron chi connectivity index (χ0n) is 15.0. The topological polar surface area (TPSA) is 89.0 Å². The Hall–Kier alpha value is -2.55. The van der Waals surface area contributed by atoms with Crippen molar-refractivity contribution < 1.29 is 4.52 Å². The van der Waals surface area contributed by atoms with Crippen molar-refractivity contribution in [3.63, 3.8) is 0 Å². The highest BCUT2D eigenvalue weighted by Crippen LogP contribution is 2.35. The summed E-state index contributed by atoms with van der Waals surface area (Å²) in [5.74, 6) is 3.66. The molecule has 3 aromatic heterocycles. The van der Waals surface area contributed by atoms with Gasteiger partial charge in [0.05, 0.1) is 12.9 Å². The van der Waals surface area contributed by atoms with Crippen molar-refractivity contribution in [1.82, 2.24) is 34.6 Å². The molecule has 5 rings (SSSR count). The van der Waals surface area contributed by atoms with Gasteiger partial charge in [0.25, 0.3) is 0 Å². The molecule has 2 unspecified atom stereocenters. The molecule has 0 aromatic carbocycles. The highest BCUT2D eigenvalue weighted by atomic mass is 16.5. The van der Waals surface area contributed by atoms with E-state index in [-0.39, 0.29) is 0 Å². The molecule has 136 valence electrons. The zero-order valence-corrected chi connectivity index (χ0v) is 15.0. The minimum Gasteiger partial charge on any atom is -0.354 e. The predicted molar refractivity (Wildman–Crippen MR) is 94.5 cm³/mol. The molecule has 2 saturated heterocycles. The number of hydrogen-bond acceptors (Lipinski definition) is 8. The average molecular weight is 354 g/mol. The molecule has 0 aliphatic carbocycles. The maximum Gasteiger partial charge on any atom is 0.223 e. The Morgan fingerprint density at radius 2 is 1.92 bits per heavy atom. The molecule has 2 fully saturated rings. The second-order valence-electron chi connectivity index (χ2n) is 7.25. The molecule has 0 radical (unpaired) electrons. The second-order valence-corrected chi connectivity index (χ2v) is 7.25. The van der Waals surface area contributed by atoms with Crippen molar-refractivity contribution in [3.05, 3.63) is 24.4 Å². The molecule has 3 aromatic rings. The Bertz CT molecular complexity index is 920. The van der Waals surface area contributed by atoms with Gasteiger partial charge in [-0.25, -0.2) is 15.0 Å². The van der Waals surface area contributed by atoms with E-state index in [1.165, 1.54) is 0 Å². The lowest BCUT2D eigenvalue weighted by Crippen LogP contribution is -2.29. The van der Waals surface area contributed by atoms with Crippen molar-refractivity contribution in [2.45, 2.75) is 26.9 Å². The van der Waals surface area contributed by atoms with Crippen LogP contribution in [0.3, 0.4) is 0 Å². The van der Waals surface area contributed by atoms with Crippen LogP contribution in [0, 0.1) is 18.8 Å². The molecular formula is C17H22N8O. The molecule has 0 spiro atoms. The van der Waals surface area contributed by atoms with E-state index < -0.39 is 0 Å². The number of likely N-dealkylation sites (tertiary alicyclic amines) is 1. The summed E-state index contributed by atoms with van der Waals surface area (Å²) in [4.78, 5) is 22.6.